The van der Waals surface area contributed by atoms with Crippen LogP contribution in [0.3, 0.4) is 0 Å². The van der Waals surface area contributed by atoms with Gasteiger partial charge in [0.2, 0.25) is 5.91 Å². The lowest BCUT2D eigenvalue weighted by Crippen LogP contribution is -2.19. The fourth-order valence-corrected chi connectivity index (χ4v) is 2.50. The number of nitrogens with one attached hydrogen (secondary N) is 1. The lowest BCUT2D eigenvalue weighted by molar-refractivity contribution is -0.120. The Morgan fingerprint density at radius 3 is 2.68 bits per heavy atom. The van der Waals surface area contributed by atoms with Crippen LogP contribution in [0.4, 0.5) is 0 Å². The summed E-state index contributed by atoms with van der Waals surface area (Å²) in [5.41, 5.74) is 5.65. The maximum absolute atomic E-state index is 12.0. The Morgan fingerprint density at radius 2 is 1.86 bits per heavy atom. The molecule has 1 N–H and O–H groups in total. The largest absolute Gasteiger partial charge is 0.350 e. The molecule has 4 nitrogen and oxygen atoms in total. The van der Waals surface area contributed by atoms with Crippen molar-refractivity contribution in [3.8, 4) is 0 Å². The second-order valence-electron chi connectivity index (χ2n) is 5.16. The monoisotopic (exact) mass is 291 g/mol. The summed E-state index contributed by atoms with van der Waals surface area (Å²) in [5, 5.41) is 5.10. The number of hydrazone groups is 1. The summed E-state index contributed by atoms with van der Waals surface area (Å²) in [6.45, 7) is 0. The third-order valence-electron chi connectivity index (χ3n) is 3.53. The molecule has 4 heteroatoms. The SMILES string of the molecule is Cn1cc(CC(=O)NN=Cc2ccccc2)c2ccccc21. The van der Waals surface area contributed by atoms with Crippen molar-refractivity contribution in [1.82, 2.24) is 9.99 Å². The summed E-state index contributed by atoms with van der Waals surface area (Å²) in [4.78, 5) is 12.0. The van der Waals surface area contributed by atoms with Crippen LogP contribution in [0.5, 0.6) is 0 Å². The highest BCUT2D eigenvalue weighted by Gasteiger charge is 2.09. The van der Waals surface area contributed by atoms with Crippen molar-refractivity contribution < 1.29 is 4.79 Å². The first-order valence-corrected chi connectivity index (χ1v) is 7.14. The summed E-state index contributed by atoms with van der Waals surface area (Å²) < 4.78 is 2.03. The van der Waals surface area contributed by atoms with Crippen LogP contribution in [0, 0.1) is 0 Å². The van der Waals surface area contributed by atoms with Gasteiger partial charge in [0.25, 0.3) is 0 Å². The third kappa shape index (κ3) is 3.06. The average Bonchev–Trinajstić information content (AvgIpc) is 2.85. The minimum absolute atomic E-state index is 0.122. The molecule has 0 bridgehead atoms. The maximum Gasteiger partial charge on any atom is 0.244 e. The van der Waals surface area contributed by atoms with Gasteiger partial charge in [-0.05, 0) is 17.2 Å². The summed E-state index contributed by atoms with van der Waals surface area (Å²) in [6, 6.07) is 17.7. The molecule has 0 aliphatic heterocycles. The molecule has 1 aromatic heterocycles. The average molecular weight is 291 g/mol. The number of aromatic nitrogens is 1. The first-order chi connectivity index (χ1) is 10.7. The Morgan fingerprint density at radius 1 is 1.14 bits per heavy atom. The zero-order valence-electron chi connectivity index (χ0n) is 12.4. The molecule has 1 amide bonds. The van der Waals surface area contributed by atoms with E-state index in [0.717, 1.165) is 22.0 Å². The van der Waals surface area contributed by atoms with Crippen LogP contribution in [0.2, 0.25) is 0 Å². The molecule has 0 fully saturated rings. The molecule has 22 heavy (non-hydrogen) atoms. The maximum atomic E-state index is 12.0. The van der Waals surface area contributed by atoms with Crippen LogP contribution < -0.4 is 5.43 Å². The lowest BCUT2D eigenvalue weighted by atomic mass is 10.1. The van der Waals surface area contributed by atoms with Gasteiger partial charge in [0.05, 0.1) is 12.6 Å². The van der Waals surface area contributed by atoms with Crippen molar-refractivity contribution >= 4 is 23.0 Å². The van der Waals surface area contributed by atoms with Gasteiger partial charge >= 0.3 is 0 Å². The molecule has 3 aromatic rings. The number of rotatable bonds is 4. The smallest absolute Gasteiger partial charge is 0.244 e. The molecular weight excluding hydrogens is 274 g/mol. The Hall–Kier alpha value is -2.88. The zero-order chi connectivity index (χ0) is 15.4. The predicted octanol–water partition coefficient (Wildman–Crippen LogP) is 2.87. The fourth-order valence-electron chi connectivity index (χ4n) is 2.50. The quantitative estimate of drug-likeness (QED) is 0.583. The van der Waals surface area contributed by atoms with Gasteiger partial charge in [-0.25, -0.2) is 5.43 Å². The molecule has 0 saturated carbocycles. The van der Waals surface area contributed by atoms with E-state index in [1.165, 1.54) is 0 Å². The number of carbonyl (C=O) groups excluding carboxylic acids is 1. The van der Waals surface area contributed by atoms with Crippen LogP contribution in [-0.2, 0) is 18.3 Å². The van der Waals surface area contributed by atoms with E-state index in [1.807, 2.05) is 72.4 Å². The van der Waals surface area contributed by atoms with E-state index in [1.54, 1.807) is 6.21 Å². The molecule has 2 aromatic carbocycles. The normalized spacial score (nSPS) is 11.1. The minimum atomic E-state index is -0.122. The van der Waals surface area contributed by atoms with Gasteiger partial charge in [0.15, 0.2) is 0 Å². The Labute approximate surface area is 129 Å². The van der Waals surface area contributed by atoms with Gasteiger partial charge in [-0.3, -0.25) is 4.79 Å². The van der Waals surface area contributed by atoms with Crippen molar-refractivity contribution in [2.45, 2.75) is 6.42 Å². The van der Waals surface area contributed by atoms with Crippen LogP contribution in [0.25, 0.3) is 10.9 Å². The number of benzene rings is 2. The number of hydrogen-bond acceptors (Lipinski definition) is 2. The Balaban J connectivity index is 1.67. The number of aryl methyl sites for hydroxylation is 1. The fraction of sp³-hybridized carbons (Fsp3) is 0.111. The molecule has 0 spiro atoms. The summed E-state index contributed by atoms with van der Waals surface area (Å²) in [7, 11) is 1.98. The first kappa shape index (κ1) is 14.1. The number of carbonyl (C=O) groups is 1. The van der Waals surface area contributed by atoms with Crippen molar-refractivity contribution in [3.63, 3.8) is 0 Å². The second-order valence-corrected chi connectivity index (χ2v) is 5.16. The Bertz CT molecular complexity index is 819. The van der Waals surface area contributed by atoms with Crippen molar-refractivity contribution in [1.29, 1.82) is 0 Å². The molecule has 0 aliphatic carbocycles. The molecule has 0 saturated heterocycles. The summed E-state index contributed by atoms with van der Waals surface area (Å²) >= 11 is 0. The van der Waals surface area contributed by atoms with Gasteiger partial charge in [0.1, 0.15) is 0 Å². The van der Waals surface area contributed by atoms with Crippen LogP contribution in [0.15, 0.2) is 65.9 Å². The van der Waals surface area contributed by atoms with Crippen LogP contribution in [0.1, 0.15) is 11.1 Å². The van der Waals surface area contributed by atoms with Crippen molar-refractivity contribution in [2.75, 3.05) is 0 Å². The summed E-state index contributed by atoms with van der Waals surface area (Å²) in [6.07, 6.45) is 3.94. The van der Waals surface area contributed by atoms with Crippen molar-refractivity contribution in [3.05, 3.63) is 71.9 Å². The molecule has 0 radical (unpaired) electrons. The van der Waals surface area contributed by atoms with Gasteiger partial charge < -0.3 is 4.57 Å². The number of para-hydroxylation sites is 1. The van der Waals surface area contributed by atoms with E-state index in [4.69, 9.17) is 0 Å². The minimum Gasteiger partial charge on any atom is -0.350 e. The zero-order valence-corrected chi connectivity index (χ0v) is 12.4. The standard InChI is InChI=1S/C18H17N3O/c1-21-13-15(16-9-5-6-10-17(16)21)11-18(22)20-19-12-14-7-3-2-4-8-14/h2-10,12-13H,11H2,1H3,(H,20,22). The highest BCUT2D eigenvalue weighted by atomic mass is 16.2. The van der Waals surface area contributed by atoms with E-state index in [9.17, 15) is 4.79 Å². The number of hydrogen-bond donors (Lipinski definition) is 1. The van der Waals surface area contributed by atoms with E-state index < -0.39 is 0 Å². The van der Waals surface area contributed by atoms with Gasteiger partial charge in [-0.15, -0.1) is 0 Å². The van der Waals surface area contributed by atoms with E-state index in [-0.39, 0.29) is 5.91 Å². The number of fused-ring (bicyclic) bond motifs is 1. The van der Waals surface area contributed by atoms with E-state index in [0.29, 0.717) is 6.42 Å². The second kappa shape index (κ2) is 6.26. The topological polar surface area (TPSA) is 46.4 Å². The molecular formula is C18H17N3O. The highest BCUT2D eigenvalue weighted by molar-refractivity contribution is 5.89. The summed E-state index contributed by atoms with van der Waals surface area (Å²) in [5.74, 6) is -0.122. The Kier molecular flexibility index (Phi) is 4.01. The van der Waals surface area contributed by atoms with Crippen LogP contribution in [-0.4, -0.2) is 16.7 Å². The predicted molar refractivity (Wildman–Crippen MR) is 88.8 cm³/mol. The van der Waals surface area contributed by atoms with E-state index in [2.05, 4.69) is 10.5 Å². The first-order valence-electron chi connectivity index (χ1n) is 7.14. The van der Waals surface area contributed by atoms with E-state index >= 15 is 0 Å². The number of amides is 1. The molecule has 0 unspecified atom stereocenters. The molecule has 3 rings (SSSR count). The lowest BCUT2D eigenvalue weighted by Gasteiger charge is -1.99. The molecule has 0 aliphatic rings. The molecule has 1 heterocycles. The molecule has 110 valence electrons. The van der Waals surface area contributed by atoms with Gasteiger partial charge in [0, 0.05) is 24.1 Å². The third-order valence-corrected chi connectivity index (χ3v) is 3.53. The van der Waals surface area contributed by atoms with Crippen LogP contribution >= 0.6 is 0 Å². The molecule has 0 atom stereocenters. The van der Waals surface area contributed by atoms with Crippen molar-refractivity contribution in [2.24, 2.45) is 12.1 Å². The highest BCUT2D eigenvalue weighted by Crippen LogP contribution is 2.20. The number of nitrogens with zero attached hydrogens (tertiary/aromatic N) is 2. The van der Waals surface area contributed by atoms with Gasteiger partial charge in [-0.1, -0.05) is 48.5 Å². The van der Waals surface area contributed by atoms with Gasteiger partial charge in [-0.2, -0.15) is 5.10 Å².